The lowest BCUT2D eigenvalue weighted by Gasteiger charge is -2.13. The molecule has 0 aliphatic rings. The van der Waals surface area contributed by atoms with Crippen molar-refractivity contribution >= 4 is 49.9 Å². The fraction of sp³-hybridized carbons (Fsp3) is 0.176. The third kappa shape index (κ3) is 3.25. The van der Waals surface area contributed by atoms with Crippen LogP contribution in [-0.2, 0) is 0 Å². The molecule has 1 heterocycles. The van der Waals surface area contributed by atoms with Crippen molar-refractivity contribution in [3.05, 3.63) is 45.7 Å². The minimum atomic E-state index is 0.156. The van der Waals surface area contributed by atoms with Crippen LogP contribution in [0.25, 0.3) is 10.9 Å². The summed E-state index contributed by atoms with van der Waals surface area (Å²) in [6, 6.07) is 9.58. The molecular weight excluding hydrogens is 394 g/mol. The Kier molecular flexibility index (Phi) is 4.78. The van der Waals surface area contributed by atoms with E-state index in [4.69, 9.17) is 21.1 Å². The molecule has 0 unspecified atom stereocenters. The van der Waals surface area contributed by atoms with E-state index in [1.54, 1.807) is 20.3 Å². The van der Waals surface area contributed by atoms with Crippen molar-refractivity contribution in [2.75, 3.05) is 19.5 Å². The van der Waals surface area contributed by atoms with Crippen LogP contribution >= 0.6 is 27.5 Å². The molecule has 24 heavy (non-hydrogen) atoms. The number of benzene rings is 2. The molecule has 124 valence electrons. The second-order valence-corrected chi connectivity index (χ2v) is 6.35. The van der Waals surface area contributed by atoms with E-state index in [2.05, 4.69) is 31.2 Å². The smallest absolute Gasteiger partial charge is 0.224 e. The Morgan fingerprint density at radius 1 is 1.04 bits per heavy atom. The van der Waals surface area contributed by atoms with Crippen LogP contribution in [0.5, 0.6) is 11.5 Å². The van der Waals surface area contributed by atoms with Crippen LogP contribution in [0.1, 0.15) is 5.56 Å². The van der Waals surface area contributed by atoms with Gasteiger partial charge in [-0.05, 0) is 42.3 Å². The van der Waals surface area contributed by atoms with Crippen LogP contribution in [0, 0.1) is 6.92 Å². The Bertz CT molecular complexity index is 918. The van der Waals surface area contributed by atoms with Gasteiger partial charge in [0, 0.05) is 21.6 Å². The lowest BCUT2D eigenvalue weighted by molar-refractivity contribution is 0.356. The fourth-order valence-corrected chi connectivity index (χ4v) is 2.88. The summed E-state index contributed by atoms with van der Waals surface area (Å²) in [5, 5.41) is 4.22. The molecule has 3 rings (SSSR count). The van der Waals surface area contributed by atoms with E-state index in [1.165, 1.54) is 0 Å². The minimum Gasteiger partial charge on any atom is -0.493 e. The number of halogens is 2. The molecule has 0 aliphatic heterocycles. The summed E-state index contributed by atoms with van der Waals surface area (Å²) < 4.78 is 11.7. The molecule has 0 fully saturated rings. The molecule has 2 aromatic carbocycles. The summed E-state index contributed by atoms with van der Waals surface area (Å²) in [5.74, 6) is 1.79. The van der Waals surface area contributed by atoms with Crippen LogP contribution in [0.3, 0.4) is 0 Å². The molecule has 0 saturated heterocycles. The van der Waals surface area contributed by atoms with Gasteiger partial charge in [-0.1, -0.05) is 22.0 Å². The van der Waals surface area contributed by atoms with E-state index < -0.39 is 0 Å². The van der Waals surface area contributed by atoms with Gasteiger partial charge in [-0.3, -0.25) is 0 Å². The summed E-state index contributed by atoms with van der Waals surface area (Å²) >= 11 is 9.60. The van der Waals surface area contributed by atoms with Gasteiger partial charge < -0.3 is 14.8 Å². The number of hydrogen-bond acceptors (Lipinski definition) is 5. The predicted molar refractivity (Wildman–Crippen MR) is 99.8 cm³/mol. The first-order chi connectivity index (χ1) is 11.5. The van der Waals surface area contributed by atoms with E-state index >= 15 is 0 Å². The molecule has 0 spiro atoms. The van der Waals surface area contributed by atoms with Crippen molar-refractivity contribution in [2.45, 2.75) is 6.92 Å². The standard InChI is InChI=1S/C17H15BrClN3O2/c1-9-4-5-10(6-12(9)18)20-16-11-7-14(23-2)15(24-3)8-13(11)21-17(19)22-16/h4-8H,1-3H3,(H,20,21,22). The number of fused-ring (bicyclic) bond motifs is 1. The van der Waals surface area contributed by atoms with Gasteiger partial charge >= 0.3 is 0 Å². The Balaban J connectivity index is 2.13. The van der Waals surface area contributed by atoms with Crippen LogP contribution in [0.4, 0.5) is 11.5 Å². The number of hydrogen-bond donors (Lipinski definition) is 1. The van der Waals surface area contributed by atoms with Crippen LogP contribution < -0.4 is 14.8 Å². The zero-order valence-corrected chi connectivity index (χ0v) is 15.7. The Morgan fingerprint density at radius 2 is 1.75 bits per heavy atom. The second kappa shape index (κ2) is 6.83. The molecule has 0 bridgehead atoms. The SMILES string of the molecule is COc1cc2nc(Cl)nc(Nc3ccc(C)c(Br)c3)c2cc1OC. The average molecular weight is 409 g/mol. The Hall–Kier alpha value is -2.05. The van der Waals surface area contributed by atoms with E-state index in [0.717, 1.165) is 21.1 Å². The van der Waals surface area contributed by atoms with E-state index in [9.17, 15) is 0 Å². The zero-order valence-electron chi connectivity index (χ0n) is 13.4. The number of ether oxygens (including phenoxy) is 2. The lowest BCUT2D eigenvalue weighted by Crippen LogP contribution is -1.99. The highest BCUT2D eigenvalue weighted by Gasteiger charge is 2.13. The predicted octanol–water partition coefficient (Wildman–Crippen LogP) is 5.11. The largest absolute Gasteiger partial charge is 0.493 e. The van der Waals surface area contributed by atoms with Gasteiger partial charge in [0.05, 0.1) is 19.7 Å². The Labute approximate surface area is 153 Å². The van der Waals surface area contributed by atoms with Crippen molar-refractivity contribution in [1.82, 2.24) is 9.97 Å². The highest BCUT2D eigenvalue weighted by molar-refractivity contribution is 9.10. The first kappa shape index (κ1) is 16.8. The normalized spacial score (nSPS) is 10.7. The first-order valence-electron chi connectivity index (χ1n) is 7.14. The van der Waals surface area contributed by atoms with Gasteiger partial charge in [0.1, 0.15) is 5.82 Å². The van der Waals surface area contributed by atoms with Gasteiger partial charge in [-0.2, -0.15) is 4.98 Å². The summed E-state index contributed by atoms with van der Waals surface area (Å²) in [6.45, 7) is 2.03. The molecule has 1 aromatic heterocycles. The van der Waals surface area contributed by atoms with Crippen molar-refractivity contribution < 1.29 is 9.47 Å². The highest BCUT2D eigenvalue weighted by Crippen LogP contribution is 2.35. The number of anilines is 2. The maximum absolute atomic E-state index is 6.07. The summed E-state index contributed by atoms with van der Waals surface area (Å²) in [5.41, 5.74) is 2.71. The topological polar surface area (TPSA) is 56.3 Å². The van der Waals surface area contributed by atoms with Gasteiger partial charge in [0.2, 0.25) is 5.28 Å². The molecule has 5 nitrogen and oxygen atoms in total. The van der Waals surface area contributed by atoms with Gasteiger partial charge in [0.15, 0.2) is 11.5 Å². The molecule has 0 saturated carbocycles. The molecule has 0 radical (unpaired) electrons. The average Bonchev–Trinajstić information content (AvgIpc) is 2.57. The number of aryl methyl sites for hydroxylation is 1. The maximum atomic E-state index is 6.07. The van der Waals surface area contributed by atoms with E-state index in [1.807, 2.05) is 31.2 Å². The molecule has 0 atom stereocenters. The number of rotatable bonds is 4. The van der Waals surface area contributed by atoms with Crippen molar-refractivity contribution in [3.8, 4) is 11.5 Å². The van der Waals surface area contributed by atoms with E-state index in [-0.39, 0.29) is 5.28 Å². The molecule has 0 aliphatic carbocycles. The second-order valence-electron chi connectivity index (χ2n) is 5.15. The number of aromatic nitrogens is 2. The third-order valence-corrected chi connectivity index (χ3v) is 4.63. The van der Waals surface area contributed by atoms with Crippen LogP contribution in [0.15, 0.2) is 34.8 Å². The number of methoxy groups -OCH3 is 2. The van der Waals surface area contributed by atoms with Crippen molar-refractivity contribution in [1.29, 1.82) is 0 Å². The molecular formula is C17H15BrClN3O2. The quantitative estimate of drug-likeness (QED) is 0.608. The van der Waals surface area contributed by atoms with Crippen molar-refractivity contribution in [2.24, 2.45) is 0 Å². The first-order valence-corrected chi connectivity index (χ1v) is 8.31. The number of nitrogens with zero attached hydrogens (tertiary/aromatic N) is 2. The van der Waals surface area contributed by atoms with Crippen molar-refractivity contribution in [3.63, 3.8) is 0 Å². The maximum Gasteiger partial charge on any atom is 0.224 e. The summed E-state index contributed by atoms with van der Waals surface area (Å²) in [4.78, 5) is 8.57. The molecule has 0 amide bonds. The summed E-state index contributed by atoms with van der Waals surface area (Å²) in [6.07, 6.45) is 0. The van der Waals surface area contributed by atoms with Gasteiger partial charge in [-0.15, -0.1) is 0 Å². The molecule has 3 aromatic rings. The minimum absolute atomic E-state index is 0.156. The van der Waals surface area contributed by atoms with Crippen LogP contribution in [0.2, 0.25) is 5.28 Å². The monoisotopic (exact) mass is 407 g/mol. The molecule has 1 N–H and O–H groups in total. The van der Waals surface area contributed by atoms with Gasteiger partial charge in [-0.25, -0.2) is 4.98 Å². The fourth-order valence-electron chi connectivity index (χ4n) is 2.33. The van der Waals surface area contributed by atoms with Crippen LogP contribution in [-0.4, -0.2) is 24.2 Å². The zero-order chi connectivity index (χ0) is 17.3. The lowest BCUT2D eigenvalue weighted by atomic mass is 10.2. The van der Waals surface area contributed by atoms with E-state index in [0.29, 0.717) is 22.8 Å². The third-order valence-electron chi connectivity index (χ3n) is 3.61. The molecule has 7 heteroatoms. The van der Waals surface area contributed by atoms with Gasteiger partial charge in [0.25, 0.3) is 0 Å². The summed E-state index contributed by atoms with van der Waals surface area (Å²) in [7, 11) is 3.17. The highest BCUT2D eigenvalue weighted by atomic mass is 79.9. The number of nitrogens with one attached hydrogen (secondary N) is 1. The Morgan fingerprint density at radius 3 is 2.42 bits per heavy atom.